The number of nitrogens with one attached hydrogen (secondary N) is 1. The molecule has 3 heteroatoms. The van der Waals surface area contributed by atoms with E-state index in [1.54, 1.807) is 6.26 Å². The highest BCUT2D eigenvalue weighted by Crippen LogP contribution is 2.27. The van der Waals surface area contributed by atoms with Gasteiger partial charge in [-0.3, -0.25) is 0 Å². The first-order valence-corrected chi connectivity index (χ1v) is 8.13. The lowest BCUT2D eigenvalue weighted by atomic mass is 10.0. The van der Waals surface area contributed by atoms with Gasteiger partial charge in [-0.15, -0.1) is 0 Å². The fourth-order valence-electron chi connectivity index (χ4n) is 2.47. The van der Waals surface area contributed by atoms with Crippen LogP contribution in [0.15, 0.2) is 16.7 Å². The number of hydrogen-bond donors (Lipinski definition) is 1. The standard InChI is InChI=1S/C16H28ClNO/c1-3-5-6-7-8-9-10-11-15(18-4-2)14-12-13-19-16(14)17/h12-13,15,18H,3-11H2,1-2H3. The second-order valence-corrected chi connectivity index (χ2v) is 5.51. The Morgan fingerprint density at radius 3 is 2.37 bits per heavy atom. The average molecular weight is 286 g/mol. The normalized spacial score (nSPS) is 12.8. The van der Waals surface area contributed by atoms with E-state index in [4.69, 9.17) is 16.0 Å². The van der Waals surface area contributed by atoms with Crippen molar-refractivity contribution < 1.29 is 4.42 Å². The van der Waals surface area contributed by atoms with Crippen LogP contribution in [0.25, 0.3) is 0 Å². The maximum atomic E-state index is 6.06. The summed E-state index contributed by atoms with van der Waals surface area (Å²) < 4.78 is 5.19. The Morgan fingerprint density at radius 2 is 1.79 bits per heavy atom. The summed E-state index contributed by atoms with van der Waals surface area (Å²) in [6.45, 7) is 5.35. The molecule has 1 rings (SSSR count). The SMILES string of the molecule is CCCCCCCCCC(NCC)c1ccoc1Cl. The third-order valence-corrected chi connectivity index (χ3v) is 3.88. The molecule has 0 fully saturated rings. The van der Waals surface area contributed by atoms with E-state index in [-0.39, 0.29) is 0 Å². The van der Waals surface area contributed by atoms with Gasteiger partial charge in [0.2, 0.25) is 0 Å². The van der Waals surface area contributed by atoms with Gasteiger partial charge in [0.25, 0.3) is 0 Å². The Morgan fingerprint density at radius 1 is 1.11 bits per heavy atom. The molecular formula is C16H28ClNO. The molecule has 1 N–H and O–H groups in total. The van der Waals surface area contributed by atoms with Crippen LogP contribution in [0, 0.1) is 0 Å². The van der Waals surface area contributed by atoms with Gasteiger partial charge in [0.05, 0.1) is 6.26 Å². The van der Waals surface area contributed by atoms with Gasteiger partial charge in [-0.05, 0) is 30.6 Å². The maximum Gasteiger partial charge on any atom is 0.197 e. The Labute approximate surface area is 122 Å². The van der Waals surface area contributed by atoms with Crippen molar-refractivity contribution in [1.82, 2.24) is 5.32 Å². The van der Waals surface area contributed by atoms with Crippen LogP contribution >= 0.6 is 11.6 Å². The van der Waals surface area contributed by atoms with Crippen LogP contribution in [0.1, 0.15) is 76.8 Å². The third-order valence-electron chi connectivity index (χ3n) is 3.57. The molecule has 0 saturated carbocycles. The summed E-state index contributed by atoms with van der Waals surface area (Å²) in [6, 6.07) is 2.32. The first kappa shape index (κ1) is 16.6. The van der Waals surface area contributed by atoms with Crippen LogP contribution in [0.2, 0.25) is 5.22 Å². The smallest absolute Gasteiger partial charge is 0.197 e. The highest BCUT2D eigenvalue weighted by molar-refractivity contribution is 6.29. The lowest BCUT2D eigenvalue weighted by Crippen LogP contribution is -2.20. The van der Waals surface area contributed by atoms with Gasteiger partial charge < -0.3 is 9.73 Å². The fraction of sp³-hybridized carbons (Fsp3) is 0.750. The summed E-state index contributed by atoms with van der Waals surface area (Å²) in [4.78, 5) is 0. The van der Waals surface area contributed by atoms with Gasteiger partial charge in [-0.1, -0.05) is 58.8 Å². The van der Waals surface area contributed by atoms with E-state index in [0.717, 1.165) is 18.5 Å². The summed E-state index contributed by atoms with van der Waals surface area (Å²) in [5, 5.41) is 4.03. The summed E-state index contributed by atoms with van der Waals surface area (Å²) in [7, 11) is 0. The van der Waals surface area contributed by atoms with E-state index in [1.807, 2.05) is 6.07 Å². The minimum Gasteiger partial charge on any atom is -0.453 e. The summed E-state index contributed by atoms with van der Waals surface area (Å²) >= 11 is 6.06. The first-order chi connectivity index (χ1) is 9.29. The van der Waals surface area contributed by atoms with Gasteiger partial charge in [0, 0.05) is 11.6 Å². The molecular weight excluding hydrogens is 258 g/mol. The quantitative estimate of drug-likeness (QED) is 0.526. The van der Waals surface area contributed by atoms with Crippen LogP contribution in [-0.4, -0.2) is 6.54 Å². The topological polar surface area (TPSA) is 25.2 Å². The number of hydrogen-bond acceptors (Lipinski definition) is 2. The molecule has 110 valence electrons. The lowest BCUT2D eigenvalue weighted by molar-refractivity contribution is 0.469. The predicted octanol–water partition coefficient (Wildman–Crippen LogP) is 5.72. The molecule has 0 radical (unpaired) electrons. The molecule has 19 heavy (non-hydrogen) atoms. The zero-order valence-electron chi connectivity index (χ0n) is 12.4. The molecule has 0 aliphatic heterocycles. The molecule has 0 spiro atoms. The van der Waals surface area contributed by atoms with Crippen molar-refractivity contribution in [1.29, 1.82) is 0 Å². The van der Waals surface area contributed by atoms with Crippen LogP contribution in [0.3, 0.4) is 0 Å². The molecule has 1 unspecified atom stereocenters. The van der Waals surface area contributed by atoms with E-state index in [9.17, 15) is 0 Å². The number of furan rings is 1. The predicted molar refractivity (Wildman–Crippen MR) is 82.7 cm³/mol. The first-order valence-electron chi connectivity index (χ1n) is 7.75. The molecule has 0 bridgehead atoms. The van der Waals surface area contributed by atoms with Crippen LogP contribution < -0.4 is 5.32 Å². The molecule has 0 aliphatic rings. The molecule has 0 aromatic carbocycles. The van der Waals surface area contributed by atoms with Crippen molar-refractivity contribution in [2.75, 3.05) is 6.54 Å². The molecule has 1 aromatic heterocycles. The highest BCUT2D eigenvalue weighted by atomic mass is 35.5. The van der Waals surface area contributed by atoms with E-state index >= 15 is 0 Å². The largest absolute Gasteiger partial charge is 0.453 e. The average Bonchev–Trinajstić information content (AvgIpc) is 2.82. The van der Waals surface area contributed by atoms with E-state index in [0.29, 0.717) is 11.3 Å². The van der Waals surface area contributed by atoms with Crippen molar-refractivity contribution in [2.24, 2.45) is 0 Å². The fourth-order valence-corrected chi connectivity index (χ4v) is 2.72. The highest BCUT2D eigenvalue weighted by Gasteiger charge is 2.15. The molecule has 1 atom stereocenters. The number of halogens is 1. The third kappa shape index (κ3) is 6.49. The van der Waals surface area contributed by atoms with E-state index in [1.165, 1.54) is 44.9 Å². The van der Waals surface area contributed by atoms with E-state index < -0.39 is 0 Å². The van der Waals surface area contributed by atoms with Crippen molar-refractivity contribution in [3.8, 4) is 0 Å². The van der Waals surface area contributed by atoms with Crippen LogP contribution in [-0.2, 0) is 0 Å². The van der Waals surface area contributed by atoms with Crippen LogP contribution in [0.4, 0.5) is 0 Å². The zero-order chi connectivity index (χ0) is 13.9. The molecule has 2 nitrogen and oxygen atoms in total. The Kier molecular flexibility index (Phi) is 9.02. The van der Waals surface area contributed by atoms with Crippen LogP contribution in [0.5, 0.6) is 0 Å². The maximum absolute atomic E-state index is 6.06. The van der Waals surface area contributed by atoms with Crippen molar-refractivity contribution in [2.45, 2.75) is 71.3 Å². The summed E-state index contributed by atoms with van der Waals surface area (Å²) in [5.41, 5.74) is 1.11. The van der Waals surface area contributed by atoms with Gasteiger partial charge in [-0.25, -0.2) is 0 Å². The zero-order valence-corrected chi connectivity index (χ0v) is 13.1. The van der Waals surface area contributed by atoms with Gasteiger partial charge in [0.1, 0.15) is 0 Å². The number of rotatable bonds is 11. The van der Waals surface area contributed by atoms with Gasteiger partial charge >= 0.3 is 0 Å². The van der Waals surface area contributed by atoms with Gasteiger partial charge in [0.15, 0.2) is 5.22 Å². The lowest BCUT2D eigenvalue weighted by Gasteiger charge is -2.16. The summed E-state index contributed by atoms with van der Waals surface area (Å²) in [6.07, 6.45) is 12.2. The second kappa shape index (κ2) is 10.3. The van der Waals surface area contributed by atoms with E-state index in [2.05, 4.69) is 19.2 Å². The Bertz CT molecular complexity index is 324. The summed E-state index contributed by atoms with van der Waals surface area (Å²) in [5.74, 6) is 0. The Balaban J connectivity index is 2.22. The van der Waals surface area contributed by atoms with Gasteiger partial charge in [-0.2, -0.15) is 0 Å². The molecule has 1 heterocycles. The minimum atomic E-state index is 0.340. The molecule has 0 amide bonds. The molecule has 0 saturated heterocycles. The molecule has 1 aromatic rings. The van der Waals surface area contributed by atoms with Crippen molar-refractivity contribution in [3.05, 3.63) is 23.1 Å². The van der Waals surface area contributed by atoms with Crippen molar-refractivity contribution >= 4 is 11.6 Å². The molecule has 0 aliphatic carbocycles. The van der Waals surface area contributed by atoms with Crippen molar-refractivity contribution in [3.63, 3.8) is 0 Å². The monoisotopic (exact) mass is 285 g/mol. The number of unbranched alkanes of at least 4 members (excludes halogenated alkanes) is 6. The second-order valence-electron chi connectivity index (χ2n) is 5.17. The Hall–Kier alpha value is -0.470. The minimum absolute atomic E-state index is 0.340.